The molecule has 1 aliphatic rings. The van der Waals surface area contributed by atoms with Gasteiger partial charge < -0.3 is 24.6 Å². The van der Waals surface area contributed by atoms with Crippen molar-refractivity contribution in [3.63, 3.8) is 0 Å². The molecule has 1 aliphatic heterocycles. The maximum absolute atomic E-state index is 5.61. The molecular formula is C20H21N5O2. The van der Waals surface area contributed by atoms with Crippen LogP contribution in [-0.4, -0.2) is 37.9 Å². The molecule has 0 aliphatic carbocycles. The largest absolute Gasteiger partial charge is 0.454 e. The van der Waals surface area contributed by atoms with E-state index >= 15 is 0 Å². The molecule has 2 heterocycles. The Bertz CT molecular complexity index is 961. The first kappa shape index (κ1) is 17.0. The topological polar surface area (TPSA) is 62.8 Å². The van der Waals surface area contributed by atoms with Gasteiger partial charge in [-0.05, 0) is 36.4 Å². The Hall–Kier alpha value is -3.48. The number of aromatic nitrogens is 2. The highest BCUT2D eigenvalue weighted by Crippen LogP contribution is 2.42. The number of benzene rings is 2. The van der Waals surface area contributed by atoms with Crippen molar-refractivity contribution in [3.05, 3.63) is 54.7 Å². The molecule has 4 rings (SSSR count). The highest BCUT2D eigenvalue weighted by molar-refractivity contribution is 5.71. The van der Waals surface area contributed by atoms with Gasteiger partial charge in [-0.3, -0.25) is 0 Å². The molecule has 0 atom stereocenters. The number of nitrogens with zero attached hydrogens (tertiary/aromatic N) is 4. The van der Waals surface area contributed by atoms with Crippen molar-refractivity contribution in [1.82, 2.24) is 9.97 Å². The lowest BCUT2D eigenvalue weighted by Gasteiger charge is -2.20. The number of para-hydroxylation sites is 1. The predicted molar refractivity (Wildman–Crippen MR) is 107 cm³/mol. The molecule has 0 unspecified atom stereocenters. The van der Waals surface area contributed by atoms with Gasteiger partial charge in [-0.1, -0.05) is 12.1 Å². The molecule has 0 saturated heterocycles. The van der Waals surface area contributed by atoms with E-state index in [0.29, 0.717) is 5.95 Å². The van der Waals surface area contributed by atoms with Crippen molar-refractivity contribution in [2.45, 2.75) is 0 Å². The van der Waals surface area contributed by atoms with Crippen molar-refractivity contribution in [1.29, 1.82) is 0 Å². The highest BCUT2D eigenvalue weighted by atomic mass is 16.7. The smallest absolute Gasteiger partial charge is 0.231 e. The molecule has 138 valence electrons. The van der Waals surface area contributed by atoms with Gasteiger partial charge >= 0.3 is 0 Å². The van der Waals surface area contributed by atoms with Crippen LogP contribution < -0.4 is 24.6 Å². The van der Waals surface area contributed by atoms with Crippen LogP contribution in [0, 0.1) is 0 Å². The predicted octanol–water partition coefficient (Wildman–Crippen LogP) is 3.78. The second kappa shape index (κ2) is 7.03. The zero-order valence-corrected chi connectivity index (χ0v) is 15.5. The molecule has 3 aromatic rings. The summed E-state index contributed by atoms with van der Waals surface area (Å²) in [6.07, 6.45) is 1.73. The summed E-state index contributed by atoms with van der Waals surface area (Å²) in [4.78, 5) is 13.0. The first-order chi connectivity index (χ1) is 13.1. The molecule has 27 heavy (non-hydrogen) atoms. The van der Waals surface area contributed by atoms with Gasteiger partial charge in [0.15, 0.2) is 11.5 Å². The molecule has 7 heteroatoms. The van der Waals surface area contributed by atoms with E-state index in [1.54, 1.807) is 6.20 Å². The van der Waals surface area contributed by atoms with Crippen LogP contribution >= 0.6 is 0 Å². The molecule has 2 aromatic carbocycles. The van der Waals surface area contributed by atoms with Crippen LogP contribution in [0.15, 0.2) is 54.7 Å². The van der Waals surface area contributed by atoms with Crippen LogP contribution in [0.3, 0.4) is 0 Å². The fourth-order valence-corrected chi connectivity index (χ4v) is 2.89. The van der Waals surface area contributed by atoms with Gasteiger partial charge in [0.05, 0.1) is 5.69 Å². The van der Waals surface area contributed by atoms with Crippen LogP contribution in [0.25, 0.3) is 0 Å². The van der Waals surface area contributed by atoms with Gasteiger partial charge in [-0.2, -0.15) is 4.98 Å². The van der Waals surface area contributed by atoms with E-state index in [2.05, 4.69) is 21.4 Å². The molecular weight excluding hydrogens is 342 g/mol. The van der Waals surface area contributed by atoms with Gasteiger partial charge in [-0.15, -0.1) is 0 Å². The number of nitrogens with one attached hydrogen (secondary N) is 1. The Labute approximate surface area is 158 Å². The summed E-state index contributed by atoms with van der Waals surface area (Å²) >= 11 is 0. The zero-order chi connectivity index (χ0) is 18.8. The first-order valence-corrected chi connectivity index (χ1v) is 8.61. The van der Waals surface area contributed by atoms with Crippen LogP contribution in [-0.2, 0) is 0 Å². The zero-order valence-electron chi connectivity index (χ0n) is 15.5. The molecule has 1 aromatic heterocycles. The lowest BCUT2D eigenvalue weighted by molar-refractivity contribution is 0.174. The fourth-order valence-electron chi connectivity index (χ4n) is 2.89. The first-order valence-electron chi connectivity index (χ1n) is 8.61. The SMILES string of the molecule is CN(C)c1cccc(Nc2nccc(N(C)c3cccc4c3OCO4)n2)c1. The summed E-state index contributed by atoms with van der Waals surface area (Å²) in [5.41, 5.74) is 2.92. The highest BCUT2D eigenvalue weighted by Gasteiger charge is 2.21. The number of anilines is 5. The van der Waals surface area contributed by atoms with Crippen molar-refractivity contribution >= 4 is 28.8 Å². The summed E-state index contributed by atoms with van der Waals surface area (Å²) in [7, 11) is 5.96. The average molecular weight is 363 g/mol. The maximum Gasteiger partial charge on any atom is 0.231 e. The third-order valence-corrected chi connectivity index (χ3v) is 4.34. The molecule has 0 saturated carbocycles. The summed E-state index contributed by atoms with van der Waals surface area (Å²) in [6, 6.07) is 15.8. The van der Waals surface area contributed by atoms with Gasteiger partial charge in [0.25, 0.3) is 0 Å². The normalized spacial score (nSPS) is 12.0. The van der Waals surface area contributed by atoms with E-state index in [1.165, 1.54) is 0 Å². The number of rotatable bonds is 5. The molecule has 0 spiro atoms. The van der Waals surface area contributed by atoms with E-state index < -0.39 is 0 Å². The Balaban J connectivity index is 1.60. The Morgan fingerprint density at radius 3 is 2.70 bits per heavy atom. The Morgan fingerprint density at radius 2 is 1.85 bits per heavy atom. The fraction of sp³-hybridized carbons (Fsp3) is 0.200. The third kappa shape index (κ3) is 3.44. The monoisotopic (exact) mass is 363 g/mol. The van der Waals surface area contributed by atoms with Crippen molar-refractivity contribution in [2.24, 2.45) is 0 Å². The van der Waals surface area contributed by atoms with Gasteiger partial charge in [0.2, 0.25) is 12.7 Å². The van der Waals surface area contributed by atoms with Gasteiger partial charge in [0.1, 0.15) is 5.82 Å². The minimum absolute atomic E-state index is 0.235. The number of ether oxygens (including phenoxy) is 2. The van der Waals surface area contributed by atoms with Crippen molar-refractivity contribution < 1.29 is 9.47 Å². The van der Waals surface area contributed by atoms with E-state index in [9.17, 15) is 0 Å². The van der Waals surface area contributed by atoms with Gasteiger partial charge in [0, 0.05) is 38.7 Å². The lowest BCUT2D eigenvalue weighted by Crippen LogP contribution is -2.13. The summed E-state index contributed by atoms with van der Waals surface area (Å²) in [5, 5.41) is 3.27. The minimum atomic E-state index is 0.235. The third-order valence-electron chi connectivity index (χ3n) is 4.34. The van der Waals surface area contributed by atoms with E-state index in [0.717, 1.165) is 34.4 Å². The molecule has 0 amide bonds. The van der Waals surface area contributed by atoms with E-state index in [1.807, 2.05) is 73.4 Å². The van der Waals surface area contributed by atoms with E-state index in [-0.39, 0.29) is 6.79 Å². The molecule has 7 nitrogen and oxygen atoms in total. The second-order valence-corrected chi connectivity index (χ2v) is 6.38. The standard InChI is InChI=1S/C20H21N5O2/c1-24(2)15-7-4-6-14(12-15)22-20-21-11-10-18(23-20)25(3)16-8-5-9-17-19(16)27-13-26-17/h4-12H,13H2,1-3H3,(H,21,22,23). The summed E-state index contributed by atoms with van der Waals surface area (Å²) in [5.74, 6) is 2.75. The summed E-state index contributed by atoms with van der Waals surface area (Å²) < 4.78 is 11.1. The minimum Gasteiger partial charge on any atom is -0.454 e. The lowest BCUT2D eigenvalue weighted by atomic mass is 10.2. The van der Waals surface area contributed by atoms with E-state index in [4.69, 9.17) is 9.47 Å². The van der Waals surface area contributed by atoms with Crippen molar-refractivity contribution in [3.8, 4) is 11.5 Å². The second-order valence-electron chi connectivity index (χ2n) is 6.38. The Morgan fingerprint density at radius 1 is 1.00 bits per heavy atom. The molecule has 0 fully saturated rings. The molecule has 1 N–H and O–H groups in total. The molecule has 0 bridgehead atoms. The number of hydrogen-bond acceptors (Lipinski definition) is 7. The van der Waals surface area contributed by atoms with Gasteiger partial charge in [-0.25, -0.2) is 4.98 Å². The van der Waals surface area contributed by atoms with Crippen LogP contribution in [0.2, 0.25) is 0 Å². The average Bonchev–Trinajstić information content (AvgIpc) is 3.17. The number of fused-ring (bicyclic) bond motifs is 1. The van der Waals surface area contributed by atoms with Crippen molar-refractivity contribution in [2.75, 3.05) is 43.1 Å². The van der Waals surface area contributed by atoms with Crippen LogP contribution in [0.4, 0.5) is 28.8 Å². The molecule has 0 radical (unpaired) electrons. The Kier molecular flexibility index (Phi) is 4.42. The number of hydrogen-bond donors (Lipinski definition) is 1. The maximum atomic E-state index is 5.61. The summed E-state index contributed by atoms with van der Waals surface area (Å²) in [6.45, 7) is 0.235. The quantitative estimate of drug-likeness (QED) is 0.740. The van der Waals surface area contributed by atoms with Crippen LogP contribution in [0.5, 0.6) is 11.5 Å². The van der Waals surface area contributed by atoms with Crippen LogP contribution in [0.1, 0.15) is 0 Å².